The number of aryl methyl sites for hydroxylation is 9. The Morgan fingerprint density at radius 3 is 0.951 bits per heavy atom. The van der Waals surface area contributed by atoms with E-state index < -0.39 is 75.2 Å². The van der Waals surface area contributed by atoms with E-state index in [9.17, 15) is 53.1 Å². The minimum atomic E-state index is -1.29. The molecule has 0 spiro atoms. The fraction of sp³-hybridized carbons (Fsp3) is 0.311. The van der Waals surface area contributed by atoms with Crippen molar-refractivity contribution in [3.8, 4) is 50.6 Å². The summed E-state index contributed by atoms with van der Waals surface area (Å²) < 4.78 is 59.2. The number of carbonyl (C=O) groups excluding carboxylic acids is 6. The van der Waals surface area contributed by atoms with E-state index in [4.69, 9.17) is 58.2 Å². The number of hydrogen-bond acceptors (Lipinski definition) is 31. The Hall–Kier alpha value is -16.9. The van der Waals surface area contributed by atoms with Gasteiger partial charge in [0.05, 0.1) is 131 Å². The number of carbonyl (C=O) groups is 7. The number of nitrogens with zero attached hydrogens (tertiary/aromatic N) is 14. The molecule has 0 saturated heterocycles. The molecule has 744 valence electrons. The van der Waals surface area contributed by atoms with Crippen molar-refractivity contribution in [1.29, 1.82) is 0 Å². The summed E-state index contributed by atoms with van der Waals surface area (Å²) in [6, 6.07) is 36.8. The maximum atomic E-state index is 14.2. The first-order valence-corrected chi connectivity index (χ1v) is 45.3. The monoisotopic (exact) mass is 1950 g/mol. The van der Waals surface area contributed by atoms with Crippen LogP contribution in [0.4, 0.5) is 42.3 Å². The van der Waals surface area contributed by atoms with E-state index >= 15 is 0 Å². The lowest BCUT2D eigenvalue weighted by molar-refractivity contribution is 0.0406. The Bertz CT molecular complexity index is 7470. The fourth-order valence-corrected chi connectivity index (χ4v) is 15.7. The molecule has 0 atom stereocenters. The highest BCUT2D eigenvalue weighted by molar-refractivity contribution is 6.11. The van der Waals surface area contributed by atoms with Gasteiger partial charge in [-0.05, 0) is 252 Å². The maximum absolute atomic E-state index is 14.2. The molecule has 37 heteroatoms. The smallest absolute Gasteiger partial charge is 0.425 e. The Morgan fingerprint density at radius 1 is 0.378 bits per heavy atom. The number of methoxy groups -OCH3 is 3. The highest BCUT2D eigenvalue weighted by Gasteiger charge is 2.38. The van der Waals surface area contributed by atoms with Gasteiger partial charge in [-0.2, -0.15) is 9.80 Å². The van der Waals surface area contributed by atoms with Crippen LogP contribution in [-0.4, -0.2) is 150 Å². The van der Waals surface area contributed by atoms with Crippen LogP contribution in [0.25, 0.3) is 66.1 Å². The van der Waals surface area contributed by atoms with Gasteiger partial charge in [0.15, 0.2) is 23.2 Å². The molecule has 0 aliphatic rings. The molecule has 5 N–H and O–H groups in total. The summed E-state index contributed by atoms with van der Waals surface area (Å²) in [7, 11) is 4.66. The SMILES string of the molecule is COc1cc2c(cc1-c1c(C)noc1C)cc(C(=O)Cc1cnc(N(C(=O)OC(C)(C)C)C(=O)OC(C)(C)C)c(C)c1)c(=O)n2Cc1ccccn1.COc1cc2c(cc1-c1c(C)noc1C)cc(C(=O)Cc1cnc(N)c(C)c1)c(=O)n2Cc1ccccn1.COc1cc2c(cc1-c1c(C)noc1C)cc(C(=O)O)c(=O)n2Cc1ccccn1.Cc1cc(N)cnc1N(C(=O)OC(C)(C)C)C(=O)OC(C)(C)C. The number of ether oxygens (including phenoxy) is 7. The fourth-order valence-electron chi connectivity index (χ4n) is 15.7. The molecule has 0 aliphatic carbocycles. The van der Waals surface area contributed by atoms with E-state index in [2.05, 4.69) is 45.4 Å². The molecule has 37 nitrogen and oxygen atoms in total. The Labute approximate surface area is 823 Å². The van der Waals surface area contributed by atoms with E-state index in [1.165, 1.54) is 34.7 Å². The van der Waals surface area contributed by atoms with Crippen molar-refractivity contribution in [3.63, 3.8) is 0 Å². The van der Waals surface area contributed by atoms with Crippen LogP contribution in [0.3, 0.4) is 0 Å². The number of anilines is 4. The average molecular weight is 1950 g/mol. The zero-order valence-corrected chi connectivity index (χ0v) is 84.2. The van der Waals surface area contributed by atoms with Crippen molar-refractivity contribution < 1.29 is 85.4 Å². The van der Waals surface area contributed by atoms with Gasteiger partial charge < -0.3 is 77.0 Å². The minimum Gasteiger partial charge on any atom is -0.496 e. The number of benzene rings is 3. The zero-order chi connectivity index (χ0) is 105. The summed E-state index contributed by atoms with van der Waals surface area (Å²) in [5.74, 6) is 1.91. The van der Waals surface area contributed by atoms with Crippen molar-refractivity contribution in [1.82, 2.24) is 59.1 Å². The number of imide groups is 2. The third-order valence-corrected chi connectivity index (χ3v) is 21.9. The van der Waals surface area contributed by atoms with Gasteiger partial charge in [-0.25, -0.2) is 38.9 Å². The van der Waals surface area contributed by atoms with E-state index in [-0.39, 0.29) is 66.6 Å². The highest BCUT2D eigenvalue weighted by Crippen LogP contribution is 2.42. The molecule has 15 aromatic rings. The van der Waals surface area contributed by atoms with Crippen LogP contribution in [0, 0.1) is 62.3 Å². The largest absolute Gasteiger partial charge is 0.496 e. The number of rotatable bonds is 21. The lowest BCUT2D eigenvalue weighted by atomic mass is 9.98. The highest BCUT2D eigenvalue weighted by atomic mass is 16.6. The molecule has 0 radical (unpaired) electrons. The number of carboxylic acids is 1. The summed E-state index contributed by atoms with van der Waals surface area (Å²) in [6.45, 7) is 36.9. The van der Waals surface area contributed by atoms with Gasteiger partial charge >= 0.3 is 30.3 Å². The Kier molecular flexibility index (Phi) is 31.8. The molecule has 0 saturated carbocycles. The van der Waals surface area contributed by atoms with Crippen molar-refractivity contribution >= 4 is 97.8 Å². The second-order valence-electron chi connectivity index (χ2n) is 37.8. The number of hydrogen-bond donors (Lipinski definition) is 3. The summed E-state index contributed by atoms with van der Waals surface area (Å²) in [4.78, 5) is 159. The molecular formula is C106H114N16O21. The second-order valence-corrected chi connectivity index (χ2v) is 37.8. The predicted octanol–water partition coefficient (Wildman–Crippen LogP) is 19.0. The van der Waals surface area contributed by atoms with Crippen LogP contribution in [0.5, 0.6) is 17.2 Å². The summed E-state index contributed by atoms with van der Waals surface area (Å²) in [5, 5.41) is 23.6. The predicted molar refractivity (Wildman–Crippen MR) is 538 cm³/mol. The number of aromatic nitrogens is 12. The standard InChI is InChI=1S/C39H43N5O8.C29H27N5O4.C22H19N3O5.C16H25N3O4/c1-22-15-25(20-41-34(22)44(36(47)50-38(4,5)6)37(48)51-39(7,8)9)16-31(45)28-17-26-18-29(33-23(2)42-52-24(33)3)32(49-10)19-30(26)43(35(28)46)21-27-13-11-12-14-40-27;1-16-9-19(14-32-28(16)30)10-25(35)22-11-20-12-23(27-17(2)33-38-18(27)3)26(37-4)13-24(20)34(29(22)36)15-21-7-5-6-8-31-21;1-12-20(13(2)30-24-12)16-8-14-9-17(22(27)28)21(26)25(18(14)10-19(16)29-3)11-15-6-4-5-7-23-15;1-10-8-11(17)9-18-12(10)19(13(20)22-15(2,3)4)14(21)23-16(5,6)7/h11-15,17-20H,16,21H2,1-10H3;5-9,11-14H,10,15H2,1-4H3,(H2,30,32);4-10H,11H2,1-3H3,(H,27,28);8-9H,17H2,1-7H3. The normalized spacial score (nSPS) is 11.4. The first kappa shape index (κ1) is 105. The lowest BCUT2D eigenvalue weighted by Crippen LogP contribution is -2.44. The number of nitrogens with two attached hydrogens (primary N) is 2. The van der Waals surface area contributed by atoms with Crippen molar-refractivity contribution in [3.05, 3.63) is 292 Å². The van der Waals surface area contributed by atoms with Crippen LogP contribution in [-0.2, 0) is 51.4 Å². The summed E-state index contributed by atoms with van der Waals surface area (Å²) in [5.41, 5.74) is 19.9. The van der Waals surface area contributed by atoms with E-state index in [1.54, 1.807) is 221 Å². The number of carboxylic acid groups (broad SMARTS) is 1. The molecule has 143 heavy (non-hydrogen) atoms. The first-order valence-electron chi connectivity index (χ1n) is 45.3. The number of nitrogen functional groups attached to an aromatic ring is 2. The topological polar surface area (TPSA) is 484 Å². The van der Waals surface area contributed by atoms with E-state index in [1.807, 2.05) is 89.2 Å². The molecule has 0 unspecified atom stereocenters. The Balaban J connectivity index is 0.000000178. The number of ketones is 2. The molecule has 0 fully saturated rings. The van der Waals surface area contributed by atoms with Crippen LogP contribution < -0.4 is 52.2 Å². The zero-order valence-electron chi connectivity index (χ0n) is 84.2. The van der Waals surface area contributed by atoms with Gasteiger partial charge in [-0.15, -0.1) is 0 Å². The summed E-state index contributed by atoms with van der Waals surface area (Å²) in [6.07, 6.45) is 5.45. The maximum Gasteiger partial charge on any atom is 0.425 e. The van der Waals surface area contributed by atoms with Gasteiger partial charge in [-0.1, -0.05) is 45.8 Å². The molecule has 4 amide bonds. The van der Waals surface area contributed by atoms with Gasteiger partial charge in [0, 0.05) is 94.9 Å². The average Bonchev–Trinajstić information content (AvgIpc) is 1.72. The number of fused-ring (bicyclic) bond motifs is 3. The van der Waals surface area contributed by atoms with Crippen molar-refractivity contribution in [2.75, 3.05) is 42.6 Å². The van der Waals surface area contributed by atoms with Gasteiger partial charge in [0.1, 0.15) is 68.3 Å². The van der Waals surface area contributed by atoms with E-state index in [0.717, 1.165) is 37.6 Å². The van der Waals surface area contributed by atoms with Gasteiger partial charge in [0.25, 0.3) is 16.7 Å². The van der Waals surface area contributed by atoms with Crippen LogP contribution in [0.1, 0.15) is 193 Å². The molecule has 0 aliphatic heterocycles. The number of Topliss-reactive ketones (excluding diaryl/α,β-unsaturated/α-hetero) is 2. The molecule has 12 aromatic heterocycles. The molecule has 15 rings (SSSR count). The lowest BCUT2D eigenvalue weighted by Gasteiger charge is -2.28. The molecular weight excluding hydrogens is 1830 g/mol. The van der Waals surface area contributed by atoms with Crippen molar-refractivity contribution in [2.24, 2.45) is 0 Å². The summed E-state index contributed by atoms with van der Waals surface area (Å²) >= 11 is 0. The molecule has 3 aromatic carbocycles. The quantitative estimate of drug-likeness (QED) is 0.0444. The third-order valence-electron chi connectivity index (χ3n) is 21.9. The molecule has 12 heterocycles. The third kappa shape index (κ3) is 25.1. The van der Waals surface area contributed by atoms with Crippen molar-refractivity contribution in [2.45, 2.75) is 200 Å². The Morgan fingerprint density at radius 2 is 0.678 bits per heavy atom. The van der Waals surface area contributed by atoms with Gasteiger partial charge in [-0.3, -0.25) is 38.9 Å². The first-order chi connectivity index (χ1) is 67.3. The van der Waals surface area contributed by atoms with Crippen LogP contribution in [0.15, 0.2) is 193 Å². The number of aromatic carboxylic acids is 1. The molecule has 0 bridgehead atoms. The number of amides is 4. The van der Waals surface area contributed by atoms with E-state index in [0.29, 0.717) is 146 Å². The van der Waals surface area contributed by atoms with Crippen LogP contribution >= 0.6 is 0 Å². The van der Waals surface area contributed by atoms with Crippen LogP contribution in [0.2, 0.25) is 0 Å². The second kappa shape index (κ2) is 43.2. The van der Waals surface area contributed by atoms with Gasteiger partial charge in [0.2, 0.25) is 0 Å². The number of pyridine rings is 9. The minimum absolute atomic E-state index is 0.0103.